The smallest absolute Gasteiger partial charge is 0.251 e. The molecule has 3 amide bonds. The van der Waals surface area contributed by atoms with E-state index in [4.69, 9.17) is 9.47 Å². The Labute approximate surface area is 312 Å². The molecule has 3 fully saturated rings. The molecule has 5 rings (SSSR count). The Balaban J connectivity index is 1.08. The molecule has 1 saturated carbocycles. The monoisotopic (exact) mass is 716 g/mol. The molecule has 1 unspecified atom stereocenters. The first-order valence-electron chi connectivity index (χ1n) is 20.1. The van der Waals surface area contributed by atoms with E-state index in [0.29, 0.717) is 49.1 Å². The Kier molecular flexibility index (Phi) is 14.2. The van der Waals surface area contributed by atoms with Gasteiger partial charge in [-0.15, -0.1) is 0 Å². The number of carbonyl (C=O) groups is 3. The molecule has 2 aromatic carbocycles. The Morgan fingerprint density at radius 1 is 0.981 bits per heavy atom. The number of unbranched alkanes of at least 4 members (excludes halogenated alkanes) is 1. The molecule has 2 saturated heterocycles. The van der Waals surface area contributed by atoms with Gasteiger partial charge in [-0.25, -0.2) is 0 Å². The predicted octanol–water partition coefficient (Wildman–Crippen LogP) is 7.87. The van der Waals surface area contributed by atoms with Gasteiger partial charge in [0.15, 0.2) is 0 Å². The number of piperazine rings is 1. The number of amides is 3. The minimum Gasteiger partial charge on any atom is -0.457 e. The van der Waals surface area contributed by atoms with Crippen molar-refractivity contribution in [1.29, 1.82) is 0 Å². The highest BCUT2D eigenvalue weighted by Crippen LogP contribution is 2.36. The molecule has 1 aliphatic carbocycles. The van der Waals surface area contributed by atoms with E-state index in [1.54, 1.807) is 12.1 Å². The number of ether oxygens (including phenoxy) is 2. The predicted molar refractivity (Wildman–Crippen MR) is 206 cm³/mol. The largest absolute Gasteiger partial charge is 0.457 e. The first-order chi connectivity index (χ1) is 25.0. The van der Waals surface area contributed by atoms with Crippen molar-refractivity contribution in [2.75, 3.05) is 32.8 Å². The van der Waals surface area contributed by atoms with E-state index in [2.05, 4.69) is 62.3 Å². The van der Waals surface area contributed by atoms with Crippen LogP contribution in [0.15, 0.2) is 48.5 Å². The number of carbonyl (C=O) groups excluding carboxylic acids is 3. The topological polar surface area (TPSA) is 100 Å². The van der Waals surface area contributed by atoms with Crippen LogP contribution < -0.4 is 15.4 Å². The molecule has 286 valence electrons. The summed E-state index contributed by atoms with van der Waals surface area (Å²) in [4.78, 5) is 44.8. The van der Waals surface area contributed by atoms with E-state index in [-0.39, 0.29) is 29.4 Å². The highest BCUT2D eigenvalue weighted by molar-refractivity contribution is 6.00. The highest BCUT2D eigenvalue weighted by Gasteiger charge is 2.53. The fourth-order valence-corrected chi connectivity index (χ4v) is 7.96. The summed E-state index contributed by atoms with van der Waals surface area (Å²) in [5.74, 6) is 2.62. The van der Waals surface area contributed by atoms with Gasteiger partial charge in [0.1, 0.15) is 23.1 Å². The van der Waals surface area contributed by atoms with Gasteiger partial charge in [-0.05, 0) is 106 Å². The van der Waals surface area contributed by atoms with E-state index in [0.717, 1.165) is 64.1 Å². The van der Waals surface area contributed by atoms with Crippen LogP contribution in [0.25, 0.3) is 0 Å². The first-order valence-corrected chi connectivity index (χ1v) is 20.1. The Morgan fingerprint density at radius 2 is 1.63 bits per heavy atom. The lowest BCUT2D eigenvalue weighted by Crippen LogP contribution is -2.73. The fourth-order valence-electron chi connectivity index (χ4n) is 7.96. The normalized spacial score (nSPS) is 20.0. The Morgan fingerprint density at radius 3 is 2.27 bits per heavy atom. The van der Waals surface area contributed by atoms with E-state index in [9.17, 15) is 14.4 Å². The summed E-state index contributed by atoms with van der Waals surface area (Å²) < 4.78 is 12.1. The second-order valence-electron chi connectivity index (χ2n) is 16.5. The molecule has 0 aromatic heterocycles. The summed E-state index contributed by atoms with van der Waals surface area (Å²) in [6.45, 7) is 14.9. The summed E-state index contributed by atoms with van der Waals surface area (Å²) in [5, 5.41) is 6.22. The molecule has 2 aliphatic heterocycles. The van der Waals surface area contributed by atoms with Crippen molar-refractivity contribution < 1.29 is 23.9 Å². The zero-order chi connectivity index (χ0) is 37.1. The number of benzene rings is 2. The van der Waals surface area contributed by atoms with Crippen LogP contribution >= 0.6 is 0 Å². The third-order valence-electron chi connectivity index (χ3n) is 11.4. The maximum absolute atomic E-state index is 13.9. The zero-order valence-corrected chi connectivity index (χ0v) is 32.5. The van der Waals surface area contributed by atoms with Gasteiger partial charge < -0.3 is 25.0 Å². The molecule has 2 heterocycles. The van der Waals surface area contributed by atoms with Gasteiger partial charge in [0.2, 0.25) is 11.8 Å². The van der Waals surface area contributed by atoms with Crippen LogP contribution in [0.4, 0.5) is 0 Å². The lowest BCUT2D eigenvalue weighted by Gasteiger charge is -2.52. The van der Waals surface area contributed by atoms with Gasteiger partial charge in [0.05, 0.1) is 5.60 Å². The number of likely N-dealkylation sites (tertiary alicyclic amines) is 1. The Bertz CT molecular complexity index is 1440. The van der Waals surface area contributed by atoms with Crippen LogP contribution in [0, 0.1) is 11.8 Å². The molecule has 2 N–H and O–H groups in total. The van der Waals surface area contributed by atoms with Gasteiger partial charge in [0, 0.05) is 44.9 Å². The van der Waals surface area contributed by atoms with Gasteiger partial charge in [-0.3, -0.25) is 19.3 Å². The lowest BCUT2D eigenvalue weighted by atomic mass is 9.79. The molecule has 1 atom stereocenters. The number of nitrogens with zero attached hydrogens (tertiary/aromatic N) is 2. The Hall–Kier alpha value is -3.43. The van der Waals surface area contributed by atoms with Gasteiger partial charge >= 0.3 is 0 Å². The van der Waals surface area contributed by atoms with E-state index < -0.39 is 5.54 Å². The summed E-state index contributed by atoms with van der Waals surface area (Å²) >= 11 is 0. The van der Waals surface area contributed by atoms with E-state index in [1.807, 2.05) is 29.2 Å². The minimum absolute atomic E-state index is 0.0564. The summed E-state index contributed by atoms with van der Waals surface area (Å²) in [6, 6.07) is 14.9. The summed E-state index contributed by atoms with van der Waals surface area (Å²) in [7, 11) is 0. The van der Waals surface area contributed by atoms with Crippen LogP contribution in [0.1, 0.15) is 128 Å². The van der Waals surface area contributed by atoms with Gasteiger partial charge in [-0.1, -0.05) is 71.4 Å². The molecule has 9 heteroatoms. The molecule has 3 aliphatic rings. The van der Waals surface area contributed by atoms with Gasteiger partial charge in [0.25, 0.3) is 5.91 Å². The molecular weight excluding hydrogens is 652 g/mol. The quantitative estimate of drug-likeness (QED) is 0.173. The van der Waals surface area contributed by atoms with Gasteiger partial charge in [-0.2, -0.15) is 0 Å². The van der Waals surface area contributed by atoms with Crippen molar-refractivity contribution >= 4 is 17.7 Å². The third-order valence-corrected chi connectivity index (χ3v) is 11.4. The van der Waals surface area contributed by atoms with Crippen LogP contribution in [-0.2, 0) is 20.9 Å². The van der Waals surface area contributed by atoms with Crippen molar-refractivity contribution in [2.24, 2.45) is 11.8 Å². The van der Waals surface area contributed by atoms with Crippen molar-refractivity contribution in [3.05, 3.63) is 59.7 Å². The zero-order valence-electron chi connectivity index (χ0n) is 32.5. The van der Waals surface area contributed by atoms with E-state index in [1.165, 1.54) is 37.7 Å². The molecule has 0 radical (unpaired) electrons. The van der Waals surface area contributed by atoms with Crippen molar-refractivity contribution in [1.82, 2.24) is 20.4 Å². The van der Waals surface area contributed by atoms with E-state index >= 15 is 0 Å². The number of piperidine rings is 1. The fraction of sp³-hybridized carbons (Fsp3) is 0.651. The molecule has 1 spiro atoms. The van der Waals surface area contributed by atoms with Crippen LogP contribution in [0.3, 0.4) is 0 Å². The molecular formula is C43H64N4O5. The third kappa shape index (κ3) is 10.8. The van der Waals surface area contributed by atoms with Crippen LogP contribution in [-0.4, -0.2) is 77.5 Å². The summed E-state index contributed by atoms with van der Waals surface area (Å²) in [5.41, 5.74) is 0.739. The average Bonchev–Trinajstić information content (AvgIpc) is 3.12. The second kappa shape index (κ2) is 18.6. The summed E-state index contributed by atoms with van der Waals surface area (Å²) in [6.07, 6.45) is 11.9. The maximum atomic E-state index is 13.9. The number of rotatable bonds is 17. The second-order valence-corrected chi connectivity index (χ2v) is 16.5. The number of hydrogen-bond acceptors (Lipinski definition) is 6. The van der Waals surface area contributed by atoms with Crippen LogP contribution in [0.2, 0.25) is 0 Å². The SMILES string of the molecule is CCCCN1C(=O)C(CC2CCCCC2)NC(=O)C12CCN(Cc1ccc(Oc3ccc(C(=O)NCCC(C)(C)OCCC(C)C)cc3)cc1)CC2. The number of hydrogen-bond donors (Lipinski definition) is 2. The molecule has 52 heavy (non-hydrogen) atoms. The van der Waals surface area contributed by atoms with Crippen molar-refractivity contribution in [2.45, 2.75) is 135 Å². The molecule has 9 nitrogen and oxygen atoms in total. The number of nitrogens with one attached hydrogen (secondary N) is 2. The van der Waals surface area contributed by atoms with Crippen LogP contribution in [0.5, 0.6) is 11.5 Å². The minimum atomic E-state index is -0.738. The molecule has 0 bridgehead atoms. The lowest BCUT2D eigenvalue weighted by molar-refractivity contribution is -0.162. The standard InChI is InChI=1S/C43H64N4O5/c1-6-7-26-47-40(49)38(30-33-11-9-8-10-12-33)45-41(50)43(47)23-27-46(28-24-43)31-34-13-17-36(18-14-34)52-37-19-15-35(16-20-37)39(48)44-25-22-42(4,5)51-29-21-32(2)3/h13-20,32-33,38H,6-12,21-31H2,1-5H3,(H,44,48)(H,45,50). The van der Waals surface area contributed by atoms with Crippen molar-refractivity contribution in [3.63, 3.8) is 0 Å². The first kappa shape index (κ1) is 39.8. The molecule has 2 aromatic rings. The maximum Gasteiger partial charge on any atom is 0.251 e. The van der Waals surface area contributed by atoms with Crippen molar-refractivity contribution in [3.8, 4) is 11.5 Å². The average molecular weight is 717 g/mol. The highest BCUT2D eigenvalue weighted by atomic mass is 16.5.